The number of carbonyl (C=O) groups is 1. The van der Waals surface area contributed by atoms with Gasteiger partial charge in [0.25, 0.3) is 10.0 Å². The molecule has 0 atom stereocenters. The molecule has 0 radical (unpaired) electrons. The SMILES string of the molecule is CNS(=O)(=O)c1sc(N(CCCN(C)C)C(=O)Nc2ccc(-c3ccccc3)cc2)nc1C. The highest BCUT2D eigenvalue weighted by Gasteiger charge is 2.25. The van der Waals surface area contributed by atoms with Gasteiger partial charge in [-0.05, 0) is 64.3 Å². The molecular weight excluding hydrogens is 458 g/mol. The van der Waals surface area contributed by atoms with E-state index in [0.717, 1.165) is 29.0 Å². The number of sulfonamides is 1. The van der Waals surface area contributed by atoms with E-state index in [-0.39, 0.29) is 10.2 Å². The summed E-state index contributed by atoms with van der Waals surface area (Å²) in [5.41, 5.74) is 3.15. The van der Waals surface area contributed by atoms with Crippen molar-refractivity contribution in [2.24, 2.45) is 0 Å². The van der Waals surface area contributed by atoms with Crippen molar-refractivity contribution >= 4 is 38.2 Å². The Balaban J connectivity index is 1.82. The molecule has 1 heterocycles. The topological polar surface area (TPSA) is 94.6 Å². The van der Waals surface area contributed by atoms with Crippen LogP contribution in [0.1, 0.15) is 12.1 Å². The van der Waals surface area contributed by atoms with Crippen LogP contribution in [0.25, 0.3) is 11.1 Å². The Bertz CT molecular complexity index is 1180. The molecule has 0 saturated heterocycles. The van der Waals surface area contributed by atoms with Gasteiger partial charge in [0.1, 0.15) is 0 Å². The van der Waals surface area contributed by atoms with Crippen LogP contribution in [-0.2, 0) is 10.0 Å². The average molecular weight is 488 g/mol. The molecule has 2 amide bonds. The third kappa shape index (κ3) is 6.38. The maximum Gasteiger partial charge on any atom is 0.328 e. The zero-order valence-electron chi connectivity index (χ0n) is 19.2. The van der Waals surface area contributed by atoms with Crippen molar-refractivity contribution in [2.45, 2.75) is 17.6 Å². The van der Waals surface area contributed by atoms with Crippen LogP contribution in [0, 0.1) is 6.92 Å². The first-order chi connectivity index (χ1) is 15.7. The number of amides is 2. The van der Waals surface area contributed by atoms with Gasteiger partial charge < -0.3 is 10.2 Å². The van der Waals surface area contributed by atoms with Gasteiger partial charge in [0.15, 0.2) is 9.34 Å². The number of rotatable bonds is 9. The van der Waals surface area contributed by atoms with Gasteiger partial charge in [-0.2, -0.15) is 0 Å². The van der Waals surface area contributed by atoms with Crippen molar-refractivity contribution in [3.8, 4) is 11.1 Å². The van der Waals surface area contributed by atoms with E-state index in [4.69, 9.17) is 0 Å². The Hall–Kier alpha value is -2.79. The second-order valence-electron chi connectivity index (χ2n) is 7.76. The summed E-state index contributed by atoms with van der Waals surface area (Å²) in [6.07, 6.45) is 0.708. The molecule has 176 valence electrons. The number of benzene rings is 2. The molecule has 8 nitrogen and oxygen atoms in total. The summed E-state index contributed by atoms with van der Waals surface area (Å²) in [7, 11) is 1.63. The lowest BCUT2D eigenvalue weighted by Gasteiger charge is -2.21. The van der Waals surface area contributed by atoms with Gasteiger partial charge in [0, 0.05) is 12.2 Å². The Morgan fingerprint density at radius 1 is 1.00 bits per heavy atom. The molecular formula is C23H29N5O3S2. The summed E-state index contributed by atoms with van der Waals surface area (Å²) in [5, 5.41) is 3.26. The first-order valence-corrected chi connectivity index (χ1v) is 12.8. The van der Waals surface area contributed by atoms with E-state index in [0.29, 0.717) is 29.5 Å². The fraction of sp³-hybridized carbons (Fsp3) is 0.304. The number of aromatic nitrogens is 1. The standard InChI is InChI=1S/C23H29N5O3S2/c1-17-21(33(30,31)24-2)32-23(25-17)28(16-8-15-27(3)4)22(29)26-20-13-11-19(12-14-20)18-9-6-5-7-10-18/h5-7,9-14,24H,8,15-16H2,1-4H3,(H,26,29). The largest absolute Gasteiger partial charge is 0.328 e. The van der Waals surface area contributed by atoms with Crippen LogP contribution in [0.2, 0.25) is 0 Å². The van der Waals surface area contributed by atoms with E-state index < -0.39 is 10.0 Å². The fourth-order valence-electron chi connectivity index (χ4n) is 3.22. The molecule has 2 N–H and O–H groups in total. The molecule has 33 heavy (non-hydrogen) atoms. The first-order valence-electron chi connectivity index (χ1n) is 10.5. The number of aryl methyl sites for hydroxylation is 1. The number of nitrogens with zero attached hydrogens (tertiary/aromatic N) is 3. The van der Waals surface area contributed by atoms with Crippen LogP contribution < -0.4 is 14.9 Å². The highest BCUT2D eigenvalue weighted by molar-refractivity contribution is 7.91. The molecule has 0 fully saturated rings. The predicted molar refractivity (Wildman–Crippen MR) is 135 cm³/mol. The average Bonchev–Trinajstić information content (AvgIpc) is 3.19. The lowest BCUT2D eigenvalue weighted by atomic mass is 10.1. The van der Waals surface area contributed by atoms with Crippen LogP contribution in [0.5, 0.6) is 0 Å². The maximum atomic E-state index is 13.2. The van der Waals surface area contributed by atoms with Gasteiger partial charge in [0.05, 0.1) is 5.69 Å². The Morgan fingerprint density at radius 2 is 1.64 bits per heavy atom. The van der Waals surface area contributed by atoms with E-state index >= 15 is 0 Å². The molecule has 0 aliphatic heterocycles. The van der Waals surface area contributed by atoms with Crippen molar-refractivity contribution in [3.05, 3.63) is 60.3 Å². The second-order valence-corrected chi connectivity index (χ2v) is 10.8. The summed E-state index contributed by atoms with van der Waals surface area (Å²) in [6, 6.07) is 17.2. The van der Waals surface area contributed by atoms with Gasteiger partial charge in [-0.25, -0.2) is 22.9 Å². The van der Waals surface area contributed by atoms with Crippen molar-refractivity contribution < 1.29 is 13.2 Å². The number of thiazole rings is 1. The minimum Gasteiger partial charge on any atom is -0.309 e. The smallest absolute Gasteiger partial charge is 0.309 e. The van der Waals surface area contributed by atoms with Crippen LogP contribution in [0.3, 0.4) is 0 Å². The summed E-state index contributed by atoms with van der Waals surface area (Å²) < 4.78 is 27.0. The van der Waals surface area contributed by atoms with E-state index in [1.54, 1.807) is 6.92 Å². The Kier molecular flexibility index (Phi) is 8.20. The molecule has 0 saturated carbocycles. The molecule has 0 unspecified atom stereocenters. The second kappa shape index (κ2) is 10.9. The van der Waals surface area contributed by atoms with Crippen LogP contribution in [0.4, 0.5) is 15.6 Å². The van der Waals surface area contributed by atoms with Gasteiger partial charge in [-0.3, -0.25) is 4.90 Å². The molecule has 3 rings (SSSR count). The van der Waals surface area contributed by atoms with Crippen molar-refractivity contribution in [1.29, 1.82) is 0 Å². The van der Waals surface area contributed by atoms with Gasteiger partial charge in [-0.1, -0.05) is 53.8 Å². The van der Waals surface area contributed by atoms with Crippen molar-refractivity contribution in [2.75, 3.05) is 44.4 Å². The minimum atomic E-state index is -3.65. The lowest BCUT2D eigenvalue weighted by Crippen LogP contribution is -2.36. The van der Waals surface area contributed by atoms with E-state index in [1.807, 2.05) is 73.6 Å². The maximum absolute atomic E-state index is 13.2. The fourth-order valence-corrected chi connectivity index (χ4v) is 5.58. The number of urea groups is 1. The Labute approximate surface area is 199 Å². The summed E-state index contributed by atoms with van der Waals surface area (Å²) >= 11 is 0.986. The predicted octanol–water partition coefficient (Wildman–Crippen LogP) is 4.02. The molecule has 0 aliphatic rings. The third-order valence-electron chi connectivity index (χ3n) is 4.96. The molecule has 3 aromatic rings. The normalized spacial score (nSPS) is 11.5. The number of hydrogen-bond donors (Lipinski definition) is 2. The van der Waals surface area contributed by atoms with Gasteiger partial charge >= 0.3 is 6.03 Å². The van der Waals surface area contributed by atoms with E-state index in [1.165, 1.54) is 11.9 Å². The monoisotopic (exact) mass is 487 g/mol. The highest BCUT2D eigenvalue weighted by Crippen LogP contribution is 2.30. The number of hydrogen-bond acceptors (Lipinski definition) is 6. The van der Waals surface area contributed by atoms with E-state index in [9.17, 15) is 13.2 Å². The zero-order valence-corrected chi connectivity index (χ0v) is 20.8. The van der Waals surface area contributed by atoms with Crippen molar-refractivity contribution in [3.63, 3.8) is 0 Å². The summed E-state index contributed by atoms with van der Waals surface area (Å²) in [6.45, 7) is 2.81. The molecule has 1 aromatic heterocycles. The highest BCUT2D eigenvalue weighted by atomic mass is 32.2. The quantitative estimate of drug-likeness (QED) is 0.475. The molecule has 0 spiro atoms. The number of nitrogens with one attached hydrogen (secondary N) is 2. The summed E-state index contributed by atoms with van der Waals surface area (Å²) in [4.78, 5) is 21.1. The van der Waals surface area contributed by atoms with Gasteiger partial charge in [-0.15, -0.1) is 0 Å². The van der Waals surface area contributed by atoms with Crippen molar-refractivity contribution in [1.82, 2.24) is 14.6 Å². The number of carbonyl (C=O) groups excluding carboxylic acids is 1. The number of anilines is 2. The molecule has 10 heteroatoms. The van der Waals surface area contributed by atoms with Crippen LogP contribution in [-0.4, -0.2) is 58.6 Å². The summed E-state index contributed by atoms with van der Waals surface area (Å²) in [5.74, 6) is 0. The van der Waals surface area contributed by atoms with Gasteiger partial charge in [0.2, 0.25) is 0 Å². The Morgan fingerprint density at radius 3 is 2.24 bits per heavy atom. The molecule has 2 aromatic carbocycles. The first kappa shape index (κ1) is 24.8. The molecule has 0 aliphatic carbocycles. The van der Waals surface area contributed by atoms with Crippen LogP contribution in [0.15, 0.2) is 58.8 Å². The lowest BCUT2D eigenvalue weighted by molar-refractivity contribution is 0.256. The van der Waals surface area contributed by atoms with Crippen LogP contribution >= 0.6 is 11.3 Å². The van der Waals surface area contributed by atoms with E-state index in [2.05, 4.69) is 15.0 Å². The molecule has 0 bridgehead atoms. The minimum absolute atomic E-state index is 0.109. The zero-order chi connectivity index (χ0) is 24.0. The third-order valence-corrected chi connectivity index (χ3v) is 8.17.